The van der Waals surface area contributed by atoms with E-state index in [1.807, 2.05) is 24.3 Å². The van der Waals surface area contributed by atoms with E-state index in [-0.39, 0.29) is 0 Å². The fourth-order valence-corrected chi connectivity index (χ4v) is 2.27. The predicted octanol–water partition coefficient (Wildman–Crippen LogP) is 4.37. The van der Waals surface area contributed by atoms with Crippen LogP contribution >= 0.6 is 0 Å². The molecule has 0 radical (unpaired) electrons. The van der Waals surface area contributed by atoms with Crippen molar-refractivity contribution in [1.29, 1.82) is 0 Å². The minimum absolute atomic E-state index is 0.312. The molecule has 0 bridgehead atoms. The van der Waals surface area contributed by atoms with E-state index in [1.165, 1.54) is 5.56 Å². The van der Waals surface area contributed by atoms with Gasteiger partial charge in [0.05, 0.1) is 5.52 Å². The lowest BCUT2D eigenvalue weighted by molar-refractivity contribution is 0.783. The van der Waals surface area contributed by atoms with Gasteiger partial charge in [-0.3, -0.25) is 0 Å². The second-order valence-electron chi connectivity index (χ2n) is 5.44. The number of aromatic nitrogens is 2. The fraction of sp³-hybridized carbons (Fsp3) is 0.222. The van der Waals surface area contributed by atoms with Crippen LogP contribution in [0.1, 0.15) is 31.2 Å². The molecule has 106 valence electrons. The molecular weight excluding hydrogens is 258 g/mol. The third kappa shape index (κ3) is 3.02. The van der Waals surface area contributed by atoms with E-state index < -0.39 is 0 Å². The molecule has 21 heavy (non-hydrogen) atoms. The summed E-state index contributed by atoms with van der Waals surface area (Å²) in [6, 6.07) is 18.5. The molecule has 0 saturated heterocycles. The molecule has 0 unspecified atom stereocenters. The topological polar surface area (TPSA) is 37.8 Å². The van der Waals surface area contributed by atoms with Crippen molar-refractivity contribution < 1.29 is 0 Å². The quantitative estimate of drug-likeness (QED) is 0.769. The molecule has 3 rings (SSSR count). The van der Waals surface area contributed by atoms with Crippen molar-refractivity contribution in [2.75, 3.05) is 5.32 Å². The van der Waals surface area contributed by atoms with Crippen LogP contribution < -0.4 is 5.32 Å². The van der Waals surface area contributed by atoms with Gasteiger partial charge in [-0.2, -0.15) is 0 Å². The van der Waals surface area contributed by atoms with Gasteiger partial charge in [-0.25, -0.2) is 9.97 Å². The van der Waals surface area contributed by atoms with Gasteiger partial charge in [0.25, 0.3) is 0 Å². The van der Waals surface area contributed by atoms with Gasteiger partial charge >= 0.3 is 0 Å². The molecule has 0 spiro atoms. The first-order valence-corrected chi connectivity index (χ1v) is 7.28. The Balaban J connectivity index is 1.96. The van der Waals surface area contributed by atoms with Crippen molar-refractivity contribution in [3.8, 4) is 0 Å². The maximum absolute atomic E-state index is 4.69. The molecule has 1 N–H and O–H groups in total. The van der Waals surface area contributed by atoms with Crippen LogP contribution in [0.5, 0.6) is 0 Å². The molecule has 0 aliphatic carbocycles. The number of hydrogen-bond acceptors (Lipinski definition) is 3. The number of nitrogens with zero attached hydrogens (tertiary/aromatic N) is 2. The van der Waals surface area contributed by atoms with Gasteiger partial charge in [0.2, 0.25) is 0 Å². The van der Waals surface area contributed by atoms with Gasteiger partial charge in [-0.15, -0.1) is 0 Å². The van der Waals surface area contributed by atoms with Crippen molar-refractivity contribution in [3.05, 3.63) is 66.0 Å². The smallest absolute Gasteiger partial charge is 0.137 e. The molecule has 0 aliphatic rings. The molecule has 2 aromatic carbocycles. The van der Waals surface area contributed by atoms with Gasteiger partial charge in [0.15, 0.2) is 0 Å². The summed E-state index contributed by atoms with van der Waals surface area (Å²) < 4.78 is 0. The summed E-state index contributed by atoms with van der Waals surface area (Å²) in [7, 11) is 0. The van der Waals surface area contributed by atoms with Crippen molar-refractivity contribution in [1.82, 2.24) is 9.97 Å². The van der Waals surface area contributed by atoms with E-state index in [9.17, 15) is 0 Å². The lowest BCUT2D eigenvalue weighted by Crippen LogP contribution is -2.06. The number of hydrogen-bond donors (Lipinski definition) is 1. The zero-order valence-corrected chi connectivity index (χ0v) is 12.4. The summed E-state index contributed by atoms with van der Waals surface area (Å²) in [5.74, 6) is 2.10. The van der Waals surface area contributed by atoms with Crippen LogP contribution in [-0.2, 0) is 6.54 Å². The number of anilines is 1. The number of para-hydroxylation sites is 1. The Kier molecular flexibility index (Phi) is 3.82. The Hall–Kier alpha value is -2.42. The average molecular weight is 277 g/mol. The Labute approximate surface area is 125 Å². The highest BCUT2D eigenvalue weighted by Gasteiger charge is 2.09. The summed E-state index contributed by atoms with van der Waals surface area (Å²) >= 11 is 0. The fourth-order valence-electron chi connectivity index (χ4n) is 2.27. The van der Waals surface area contributed by atoms with Crippen LogP contribution in [0.3, 0.4) is 0 Å². The normalized spacial score (nSPS) is 11.0. The third-order valence-corrected chi connectivity index (χ3v) is 3.44. The average Bonchev–Trinajstić information content (AvgIpc) is 2.53. The van der Waals surface area contributed by atoms with Crippen LogP contribution in [0.2, 0.25) is 0 Å². The summed E-state index contributed by atoms with van der Waals surface area (Å²) in [6.07, 6.45) is 0. The second-order valence-corrected chi connectivity index (χ2v) is 5.44. The number of fused-ring (bicyclic) bond motifs is 1. The third-order valence-electron chi connectivity index (χ3n) is 3.44. The minimum Gasteiger partial charge on any atom is -0.365 e. The molecule has 3 nitrogen and oxygen atoms in total. The molecule has 0 saturated carbocycles. The number of rotatable bonds is 4. The first kappa shape index (κ1) is 13.6. The van der Waals surface area contributed by atoms with Crippen LogP contribution in [0.15, 0.2) is 54.6 Å². The molecular formula is C18H19N3. The van der Waals surface area contributed by atoms with Crippen LogP contribution in [0.4, 0.5) is 5.82 Å². The van der Waals surface area contributed by atoms with E-state index in [2.05, 4.69) is 54.5 Å². The van der Waals surface area contributed by atoms with Crippen LogP contribution in [0, 0.1) is 0 Å². The van der Waals surface area contributed by atoms with E-state index in [1.54, 1.807) is 0 Å². The largest absolute Gasteiger partial charge is 0.365 e. The highest BCUT2D eigenvalue weighted by molar-refractivity contribution is 5.89. The van der Waals surface area contributed by atoms with Crippen molar-refractivity contribution in [2.24, 2.45) is 0 Å². The SMILES string of the molecule is CC(C)c1nc(NCc2ccccc2)c2ccccc2n1. The molecule has 3 heteroatoms. The highest BCUT2D eigenvalue weighted by atomic mass is 15.0. The van der Waals surface area contributed by atoms with Crippen LogP contribution in [0.25, 0.3) is 10.9 Å². The Morgan fingerprint density at radius 3 is 2.38 bits per heavy atom. The van der Waals surface area contributed by atoms with E-state index in [4.69, 9.17) is 4.98 Å². The Bertz CT molecular complexity index is 736. The number of benzene rings is 2. The van der Waals surface area contributed by atoms with E-state index in [0.717, 1.165) is 29.1 Å². The van der Waals surface area contributed by atoms with Gasteiger partial charge in [0.1, 0.15) is 11.6 Å². The summed E-state index contributed by atoms with van der Waals surface area (Å²) in [5.41, 5.74) is 2.23. The Morgan fingerprint density at radius 1 is 0.905 bits per heavy atom. The maximum Gasteiger partial charge on any atom is 0.137 e. The van der Waals surface area contributed by atoms with Crippen molar-refractivity contribution >= 4 is 16.7 Å². The lowest BCUT2D eigenvalue weighted by atomic mass is 10.1. The van der Waals surface area contributed by atoms with Gasteiger partial charge < -0.3 is 5.32 Å². The van der Waals surface area contributed by atoms with Gasteiger partial charge in [-0.05, 0) is 17.7 Å². The first-order chi connectivity index (χ1) is 10.2. The summed E-state index contributed by atoms with van der Waals surface area (Å²) in [4.78, 5) is 9.33. The van der Waals surface area contributed by atoms with Crippen LogP contribution in [-0.4, -0.2) is 9.97 Å². The highest BCUT2D eigenvalue weighted by Crippen LogP contribution is 2.23. The minimum atomic E-state index is 0.312. The van der Waals surface area contributed by atoms with E-state index in [0.29, 0.717) is 5.92 Å². The summed E-state index contributed by atoms with van der Waals surface area (Å²) in [6.45, 7) is 5.00. The molecule has 1 aromatic heterocycles. The van der Waals surface area contributed by atoms with Gasteiger partial charge in [0, 0.05) is 17.8 Å². The molecule has 0 amide bonds. The van der Waals surface area contributed by atoms with Gasteiger partial charge in [-0.1, -0.05) is 56.3 Å². The maximum atomic E-state index is 4.69. The standard InChI is InChI=1S/C18H19N3/c1-13(2)17-20-16-11-7-6-10-15(16)18(21-17)19-12-14-8-4-3-5-9-14/h3-11,13H,12H2,1-2H3,(H,19,20,21). The molecule has 3 aromatic rings. The van der Waals surface area contributed by atoms with E-state index >= 15 is 0 Å². The number of nitrogens with one attached hydrogen (secondary N) is 1. The Morgan fingerprint density at radius 2 is 1.62 bits per heavy atom. The second kappa shape index (κ2) is 5.92. The predicted molar refractivity (Wildman–Crippen MR) is 87.4 cm³/mol. The zero-order chi connectivity index (χ0) is 14.7. The molecule has 0 fully saturated rings. The summed E-state index contributed by atoms with van der Waals surface area (Å²) in [5, 5.41) is 4.52. The lowest BCUT2D eigenvalue weighted by Gasteiger charge is -2.12. The first-order valence-electron chi connectivity index (χ1n) is 7.28. The van der Waals surface area contributed by atoms with Crippen molar-refractivity contribution in [3.63, 3.8) is 0 Å². The molecule has 1 heterocycles. The monoisotopic (exact) mass is 277 g/mol. The zero-order valence-electron chi connectivity index (χ0n) is 12.4. The van der Waals surface area contributed by atoms with Crippen molar-refractivity contribution in [2.45, 2.75) is 26.3 Å². The molecule has 0 atom stereocenters. The molecule has 0 aliphatic heterocycles.